The zero-order valence-corrected chi connectivity index (χ0v) is 18.1. The minimum absolute atomic E-state index is 0.0757. The number of hydrogen-bond donors (Lipinski definition) is 0. The standard InChI is InChI=1S/C23H28N2O6/c1-4-30-19-7-5-6-8-20(19)31-16-22(26)24-11-13-25(14-12-24)23(27)17-9-10-18(28-2)21(15-17)29-3/h5-10,15H,4,11-14,16H2,1-3H3. The van der Waals surface area contributed by atoms with Crippen LogP contribution in [0.3, 0.4) is 0 Å². The number of carbonyl (C=O) groups excluding carboxylic acids is 2. The van der Waals surface area contributed by atoms with E-state index in [0.717, 1.165) is 0 Å². The first-order valence-electron chi connectivity index (χ1n) is 10.2. The number of rotatable bonds is 8. The van der Waals surface area contributed by atoms with Gasteiger partial charge in [0.05, 0.1) is 20.8 Å². The molecule has 0 atom stereocenters. The molecule has 0 N–H and O–H groups in total. The van der Waals surface area contributed by atoms with Gasteiger partial charge in [-0.2, -0.15) is 0 Å². The van der Waals surface area contributed by atoms with Gasteiger partial charge in [0.15, 0.2) is 29.6 Å². The molecule has 0 saturated carbocycles. The number of carbonyl (C=O) groups is 2. The molecule has 0 spiro atoms. The van der Waals surface area contributed by atoms with Gasteiger partial charge >= 0.3 is 0 Å². The van der Waals surface area contributed by atoms with E-state index in [1.54, 1.807) is 41.2 Å². The summed E-state index contributed by atoms with van der Waals surface area (Å²) >= 11 is 0. The molecule has 166 valence electrons. The fraction of sp³-hybridized carbons (Fsp3) is 0.391. The highest BCUT2D eigenvalue weighted by Crippen LogP contribution is 2.28. The van der Waals surface area contributed by atoms with Crippen LogP contribution in [0.25, 0.3) is 0 Å². The van der Waals surface area contributed by atoms with Gasteiger partial charge in [-0.25, -0.2) is 0 Å². The monoisotopic (exact) mass is 428 g/mol. The van der Waals surface area contributed by atoms with Crippen molar-refractivity contribution in [3.63, 3.8) is 0 Å². The third kappa shape index (κ3) is 5.39. The lowest BCUT2D eigenvalue weighted by molar-refractivity contribution is -0.134. The zero-order chi connectivity index (χ0) is 22.2. The fourth-order valence-corrected chi connectivity index (χ4v) is 3.39. The van der Waals surface area contributed by atoms with E-state index in [0.29, 0.717) is 61.3 Å². The molecule has 0 aliphatic carbocycles. The van der Waals surface area contributed by atoms with Gasteiger partial charge < -0.3 is 28.7 Å². The molecule has 3 rings (SSSR count). The first kappa shape index (κ1) is 22.3. The van der Waals surface area contributed by atoms with Crippen LogP contribution in [0.4, 0.5) is 0 Å². The quantitative estimate of drug-likeness (QED) is 0.643. The minimum Gasteiger partial charge on any atom is -0.493 e. The summed E-state index contributed by atoms with van der Waals surface area (Å²) in [6.45, 7) is 4.15. The van der Waals surface area contributed by atoms with Crippen molar-refractivity contribution in [1.82, 2.24) is 9.80 Å². The normalized spacial score (nSPS) is 13.5. The number of hydrogen-bond acceptors (Lipinski definition) is 6. The third-order valence-electron chi connectivity index (χ3n) is 5.05. The highest BCUT2D eigenvalue weighted by Gasteiger charge is 2.26. The van der Waals surface area contributed by atoms with Gasteiger partial charge in [-0.1, -0.05) is 12.1 Å². The topological polar surface area (TPSA) is 77.5 Å². The molecule has 1 saturated heterocycles. The lowest BCUT2D eigenvalue weighted by Crippen LogP contribution is -2.51. The first-order chi connectivity index (χ1) is 15.1. The highest BCUT2D eigenvalue weighted by atomic mass is 16.5. The van der Waals surface area contributed by atoms with Crippen molar-refractivity contribution in [3.8, 4) is 23.0 Å². The van der Waals surface area contributed by atoms with Crippen LogP contribution in [0.1, 0.15) is 17.3 Å². The largest absolute Gasteiger partial charge is 0.493 e. The van der Waals surface area contributed by atoms with E-state index < -0.39 is 0 Å². The van der Waals surface area contributed by atoms with Crippen molar-refractivity contribution >= 4 is 11.8 Å². The molecule has 1 heterocycles. The molecule has 1 aliphatic heterocycles. The van der Waals surface area contributed by atoms with Crippen LogP contribution in [-0.4, -0.2) is 75.2 Å². The maximum Gasteiger partial charge on any atom is 0.260 e. The molecule has 31 heavy (non-hydrogen) atoms. The third-order valence-corrected chi connectivity index (χ3v) is 5.05. The van der Waals surface area contributed by atoms with Crippen molar-refractivity contribution in [2.75, 3.05) is 53.6 Å². The second kappa shape index (κ2) is 10.6. The van der Waals surface area contributed by atoms with E-state index in [1.807, 2.05) is 25.1 Å². The molecule has 1 fully saturated rings. The van der Waals surface area contributed by atoms with Gasteiger partial charge in [0.25, 0.3) is 11.8 Å². The summed E-state index contributed by atoms with van der Waals surface area (Å²) in [5, 5.41) is 0. The van der Waals surface area contributed by atoms with Crippen LogP contribution in [0.2, 0.25) is 0 Å². The summed E-state index contributed by atoms with van der Waals surface area (Å²) in [6, 6.07) is 12.4. The molecular formula is C23H28N2O6. The highest BCUT2D eigenvalue weighted by molar-refractivity contribution is 5.95. The van der Waals surface area contributed by atoms with Crippen molar-refractivity contribution in [2.45, 2.75) is 6.92 Å². The number of ether oxygens (including phenoxy) is 4. The van der Waals surface area contributed by atoms with Gasteiger partial charge in [-0.05, 0) is 37.3 Å². The summed E-state index contributed by atoms with van der Waals surface area (Å²) in [4.78, 5) is 28.9. The minimum atomic E-state index is -0.121. The Bertz CT molecular complexity index is 909. The van der Waals surface area contributed by atoms with Gasteiger partial charge in [-0.3, -0.25) is 9.59 Å². The summed E-state index contributed by atoms with van der Waals surface area (Å²) in [6.07, 6.45) is 0. The van der Waals surface area contributed by atoms with Crippen molar-refractivity contribution in [2.24, 2.45) is 0 Å². The van der Waals surface area contributed by atoms with E-state index in [4.69, 9.17) is 18.9 Å². The fourth-order valence-electron chi connectivity index (χ4n) is 3.39. The van der Waals surface area contributed by atoms with Crippen LogP contribution in [0.5, 0.6) is 23.0 Å². The Labute approximate surface area is 182 Å². The lowest BCUT2D eigenvalue weighted by Gasteiger charge is -2.34. The van der Waals surface area contributed by atoms with Crippen LogP contribution >= 0.6 is 0 Å². The Kier molecular flexibility index (Phi) is 7.59. The average molecular weight is 428 g/mol. The van der Waals surface area contributed by atoms with Crippen molar-refractivity contribution in [3.05, 3.63) is 48.0 Å². The summed E-state index contributed by atoms with van der Waals surface area (Å²) in [5.41, 5.74) is 0.522. The van der Waals surface area contributed by atoms with Crippen LogP contribution < -0.4 is 18.9 Å². The van der Waals surface area contributed by atoms with Gasteiger partial charge in [0.2, 0.25) is 0 Å². The molecule has 0 aromatic heterocycles. The number of para-hydroxylation sites is 2. The number of nitrogens with zero attached hydrogens (tertiary/aromatic N) is 2. The van der Waals surface area contributed by atoms with E-state index in [9.17, 15) is 9.59 Å². The predicted molar refractivity (Wildman–Crippen MR) is 115 cm³/mol. The first-order valence-corrected chi connectivity index (χ1v) is 10.2. The van der Waals surface area contributed by atoms with E-state index in [2.05, 4.69) is 0 Å². The van der Waals surface area contributed by atoms with Crippen LogP contribution in [0, 0.1) is 0 Å². The second-order valence-corrected chi connectivity index (χ2v) is 6.91. The molecule has 1 aliphatic rings. The van der Waals surface area contributed by atoms with Gasteiger partial charge in [0.1, 0.15) is 0 Å². The maximum absolute atomic E-state index is 12.8. The summed E-state index contributed by atoms with van der Waals surface area (Å²) in [5.74, 6) is 2.01. The van der Waals surface area contributed by atoms with E-state index in [1.165, 1.54) is 7.11 Å². The van der Waals surface area contributed by atoms with Crippen molar-refractivity contribution in [1.29, 1.82) is 0 Å². The molecule has 2 aromatic carbocycles. The molecule has 0 unspecified atom stereocenters. The molecule has 8 nitrogen and oxygen atoms in total. The smallest absolute Gasteiger partial charge is 0.260 e. The Morgan fingerprint density at radius 2 is 1.42 bits per heavy atom. The van der Waals surface area contributed by atoms with E-state index >= 15 is 0 Å². The molecular weight excluding hydrogens is 400 g/mol. The summed E-state index contributed by atoms with van der Waals surface area (Å²) < 4.78 is 21.7. The molecule has 0 bridgehead atoms. The van der Waals surface area contributed by atoms with Crippen LogP contribution in [-0.2, 0) is 4.79 Å². The Morgan fingerprint density at radius 3 is 2.03 bits per heavy atom. The van der Waals surface area contributed by atoms with E-state index in [-0.39, 0.29) is 18.4 Å². The van der Waals surface area contributed by atoms with Gasteiger partial charge in [-0.15, -0.1) is 0 Å². The predicted octanol–water partition coefficient (Wildman–Crippen LogP) is 2.47. The Hall–Kier alpha value is -3.42. The SMILES string of the molecule is CCOc1ccccc1OCC(=O)N1CCN(C(=O)c2ccc(OC)c(OC)c2)CC1. The number of piperazine rings is 1. The zero-order valence-electron chi connectivity index (χ0n) is 18.1. The van der Waals surface area contributed by atoms with Gasteiger partial charge in [0, 0.05) is 31.7 Å². The number of amides is 2. The maximum atomic E-state index is 12.8. The molecule has 0 radical (unpaired) electrons. The summed E-state index contributed by atoms with van der Waals surface area (Å²) in [7, 11) is 3.08. The molecule has 2 aromatic rings. The number of methoxy groups -OCH3 is 2. The molecule has 8 heteroatoms. The Balaban J connectivity index is 1.53. The molecule has 2 amide bonds. The Morgan fingerprint density at radius 1 is 0.806 bits per heavy atom. The van der Waals surface area contributed by atoms with Crippen molar-refractivity contribution < 1.29 is 28.5 Å². The van der Waals surface area contributed by atoms with Crippen LogP contribution in [0.15, 0.2) is 42.5 Å². The number of benzene rings is 2. The second-order valence-electron chi connectivity index (χ2n) is 6.91. The average Bonchev–Trinajstić information content (AvgIpc) is 2.82. The lowest BCUT2D eigenvalue weighted by atomic mass is 10.1.